The lowest BCUT2D eigenvalue weighted by molar-refractivity contribution is 0.0990. The van der Waals surface area contributed by atoms with E-state index in [-0.39, 0.29) is 5.78 Å². The number of hydrogen-bond acceptors (Lipinski definition) is 2. The summed E-state index contributed by atoms with van der Waals surface area (Å²) < 4.78 is 0. The predicted octanol–water partition coefficient (Wildman–Crippen LogP) is 3.77. The second-order valence-electron chi connectivity index (χ2n) is 5.14. The minimum absolute atomic E-state index is 0.182. The number of benzene rings is 1. The van der Waals surface area contributed by atoms with Gasteiger partial charge < -0.3 is 0 Å². The van der Waals surface area contributed by atoms with Gasteiger partial charge in [-0.05, 0) is 36.5 Å². The summed E-state index contributed by atoms with van der Waals surface area (Å²) in [4.78, 5) is 16.7. The van der Waals surface area contributed by atoms with Crippen LogP contribution in [0.25, 0.3) is 0 Å². The predicted molar refractivity (Wildman–Crippen MR) is 75.3 cm³/mol. The zero-order valence-electron chi connectivity index (χ0n) is 10.9. The Morgan fingerprint density at radius 3 is 2.58 bits per heavy atom. The minimum atomic E-state index is 0.182. The molecular formula is C17H17NO. The summed E-state index contributed by atoms with van der Waals surface area (Å²) in [6.45, 7) is 0. The van der Waals surface area contributed by atoms with E-state index in [1.807, 2.05) is 36.4 Å². The van der Waals surface area contributed by atoms with E-state index in [0.29, 0.717) is 12.3 Å². The third kappa shape index (κ3) is 2.58. The molecule has 0 radical (unpaired) electrons. The molecule has 0 unspecified atom stereocenters. The largest absolute Gasteiger partial charge is 0.294 e. The molecule has 3 rings (SSSR count). The van der Waals surface area contributed by atoms with E-state index in [9.17, 15) is 4.79 Å². The highest BCUT2D eigenvalue weighted by atomic mass is 16.1. The van der Waals surface area contributed by atoms with Crippen LogP contribution in [-0.4, -0.2) is 10.8 Å². The molecule has 0 amide bonds. The summed E-state index contributed by atoms with van der Waals surface area (Å²) >= 11 is 0. The molecule has 1 aliphatic rings. The topological polar surface area (TPSA) is 30.0 Å². The van der Waals surface area contributed by atoms with Gasteiger partial charge in [0.25, 0.3) is 0 Å². The summed E-state index contributed by atoms with van der Waals surface area (Å²) in [5.74, 6) is 0.769. The number of nitrogens with zero attached hydrogens (tertiary/aromatic N) is 1. The second-order valence-corrected chi connectivity index (χ2v) is 5.14. The van der Waals surface area contributed by atoms with Crippen molar-refractivity contribution in [2.45, 2.75) is 31.6 Å². The molecule has 0 N–H and O–H groups in total. The summed E-state index contributed by atoms with van der Waals surface area (Å²) in [5.41, 5.74) is 2.96. The van der Waals surface area contributed by atoms with Crippen molar-refractivity contribution in [3.63, 3.8) is 0 Å². The van der Waals surface area contributed by atoms with Crippen LogP contribution < -0.4 is 0 Å². The number of carbonyl (C=O) groups excluding carboxylic acids is 1. The van der Waals surface area contributed by atoms with Crippen LogP contribution in [0.1, 0.15) is 46.8 Å². The smallest absolute Gasteiger partial charge is 0.169 e. The minimum Gasteiger partial charge on any atom is -0.294 e. The summed E-state index contributed by atoms with van der Waals surface area (Å²) in [6, 6.07) is 13.8. The van der Waals surface area contributed by atoms with Gasteiger partial charge in [0.2, 0.25) is 0 Å². The maximum atomic E-state index is 12.4. The molecule has 2 nitrogen and oxygen atoms in total. The van der Waals surface area contributed by atoms with Crippen LogP contribution in [0, 0.1) is 0 Å². The van der Waals surface area contributed by atoms with Crippen molar-refractivity contribution in [3.05, 3.63) is 65.5 Å². The molecule has 96 valence electrons. The van der Waals surface area contributed by atoms with Gasteiger partial charge in [-0.15, -0.1) is 0 Å². The van der Waals surface area contributed by atoms with E-state index in [2.05, 4.69) is 11.1 Å². The molecule has 1 heterocycles. The molecule has 0 aliphatic heterocycles. The van der Waals surface area contributed by atoms with Crippen molar-refractivity contribution in [1.82, 2.24) is 4.98 Å². The van der Waals surface area contributed by atoms with Crippen LogP contribution in [0.2, 0.25) is 0 Å². The number of aromatic nitrogens is 1. The number of Topliss-reactive ketones (excluding diaryl/α,β-unsaturated/α-hetero) is 1. The first-order valence-corrected chi connectivity index (χ1v) is 6.86. The summed E-state index contributed by atoms with van der Waals surface area (Å²) in [7, 11) is 0. The van der Waals surface area contributed by atoms with Crippen LogP contribution in [0.5, 0.6) is 0 Å². The Morgan fingerprint density at radius 2 is 1.89 bits per heavy atom. The average molecular weight is 251 g/mol. The average Bonchev–Trinajstić information content (AvgIpc) is 2.38. The molecule has 2 aromatic rings. The molecule has 1 fully saturated rings. The number of ketones is 1. The summed E-state index contributed by atoms with van der Waals surface area (Å²) in [6.07, 6.45) is 5.85. The number of hydrogen-bond donors (Lipinski definition) is 0. The SMILES string of the molecule is O=C(Cc1ccccn1)c1ccccc1C1CCC1. The Bertz CT molecular complexity index is 573. The van der Waals surface area contributed by atoms with Gasteiger partial charge in [0.05, 0.1) is 6.42 Å². The highest BCUT2D eigenvalue weighted by Gasteiger charge is 2.24. The molecule has 0 bridgehead atoms. The van der Waals surface area contributed by atoms with Crippen molar-refractivity contribution in [1.29, 1.82) is 0 Å². The van der Waals surface area contributed by atoms with Crippen molar-refractivity contribution in [2.75, 3.05) is 0 Å². The Morgan fingerprint density at radius 1 is 1.11 bits per heavy atom. The van der Waals surface area contributed by atoms with Gasteiger partial charge in [0.1, 0.15) is 0 Å². The second kappa shape index (κ2) is 5.35. The molecule has 2 heteroatoms. The quantitative estimate of drug-likeness (QED) is 0.774. The van der Waals surface area contributed by atoms with Crippen LogP contribution >= 0.6 is 0 Å². The summed E-state index contributed by atoms with van der Waals surface area (Å²) in [5, 5.41) is 0. The molecule has 1 aromatic carbocycles. The third-order valence-corrected chi connectivity index (χ3v) is 3.87. The van der Waals surface area contributed by atoms with E-state index in [1.165, 1.54) is 24.8 Å². The zero-order chi connectivity index (χ0) is 13.1. The van der Waals surface area contributed by atoms with E-state index < -0.39 is 0 Å². The third-order valence-electron chi connectivity index (χ3n) is 3.87. The Labute approximate surface area is 113 Å². The van der Waals surface area contributed by atoms with Crippen LogP contribution in [0.3, 0.4) is 0 Å². The maximum Gasteiger partial charge on any atom is 0.169 e. The lowest BCUT2D eigenvalue weighted by Gasteiger charge is -2.27. The van der Waals surface area contributed by atoms with Crippen LogP contribution in [-0.2, 0) is 6.42 Å². The standard InChI is InChI=1S/C17H17NO/c19-17(12-14-8-3-4-11-18-14)16-10-2-1-9-15(16)13-6-5-7-13/h1-4,8-11,13H,5-7,12H2. The van der Waals surface area contributed by atoms with Crippen molar-refractivity contribution < 1.29 is 4.79 Å². The fraction of sp³-hybridized carbons (Fsp3) is 0.294. The van der Waals surface area contributed by atoms with Gasteiger partial charge in [0, 0.05) is 17.5 Å². The van der Waals surface area contributed by atoms with Gasteiger partial charge in [-0.3, -0.25) is 9.78 Å². The molecule has 1 aromatic heterocycles. The first-order chi connectivity index (χ1) is 9.34. The molecule has 0 saturated heterocycles. The highest BCUT2D eigenvalue weighted by Crippen LogP contribution is 2.38. The van der Waals surface area contributed by atoms with Gasteiger partial charge in [-0.2, -0.15) is 0 Å². The molecular weight excluding hydrogens is 234 g/mol. The number of carbonyl (C=O) groups is 1. The van der Waals surface area contributed by atoms with E-state index >= 15 is 0 Å². The monoisotopic (exact) mass is 251 g/mol. The molecule has 1 aliphatic carbocycles. The lowest BCUT2D eigenvalue weighted by atomic mass is 9.77. The molecule has 1 saturated carbocycles. The fourth-order valence-corrected chi connectivity index (χ4v) is 2.59. The molecule has 0 spiro atoms. The van der Waals surface area contributed by atoms with E-state index in [4.69, 9.17) is 0 Å². The normalized spacial score (nSPS) is 14.9. The highest BCUT2D eigenvalue weighted by molar-refractivity contribution is 5.98. The van der Waals surface area contributed by atoms with Gasteiger partial charge in [-0.25, -0.2) is 0 Å². The lowest BCUT2D eigenvalue weighted by Crippen LogP contribution is -2.15. The molecule has 19 heavy (non-hydrogen) atoms. The van der Waals surface area contributed by atoms with Crippen molar-refractivity contribution >= 4 is 5.78 Å². The van der Waals surface area contributed by atoms with Gasteiger partial charge >= 0.3 is 0 Å². The zero-order valence-corrected chi connectivity index (χ0v) is 10.9. The first-order valence-electron chi connectivity index (χ1n) is 6.86. The van der Waals surface area contributed by atoms with Crippen LogP contribution in [0.4, 0.5) is 0 Å². The Balaban J connectivity index is 1.83. The fourth-order valence-electron chi connectivity index (χ4n) is 2.59. The van der Waals surface area contributed by atoms with E-state index in [1.54, 1.807) is 6.20 Å². The Kier molecular flexibility index (Phi) is 3.41. The number of pyridine rings is 1. The van der Waals surface area contributed by atoms with Gasteiger partial charge in [0.15, 0.2) is 5.78 Å². The molecule has 0 atom stereocenters. The van der Waals surface area contributed by atoms with Crippen molar-refractivity contribution in [2.24, 2.45) is 0 Å². The maximum absolute atomic E-state index is 12.4. The van der Waals surface area contributed by atoms with Gasteiger partial charge in [-0.1, -0.05) is 36.8 Å². The first kappa shape index (κ1) is 12.1. The number of rotatable bonds is 4. The Hall–Kier alpha value is -1.96. The van der Waals surface area contributed by atoms with Crippen LogP contribution in [0.15, 0.2) is 48.7 Å². The van der Waals surface area contributed by atoms with E-state index in [0.717, 1.165) is 11.3 Å². The van der Waals surface area contributed by atoms with Crippen molar-refractivity contribution in [3.8, 4) is 0 Å².